The number of hydrogen-bond acceptors (Lipinski definition) is 2. The summed E-state index contributed by atoms with van der Waals surface area (Å²) in [6.45, 7) is 7.11. The van der Waals surface area contributed by atoms with Crippen LogP contribution in [0.2, 0.25) is 0 Å². The van der Waals surface area contributed by atoms with Gasteiger partial charge in [0, 0.05) is 35.7 Å². The highest BCUT2D eigenvalue weighted by atomic mass is 16.2. The summed E-state index contributed by atoms with van der Waals surface area (Å²) < 4.78 is 0. The van der Waals surface area contributed by atoms with E-state index in [1.54, 1.807) is 0 Å². The zero-order valence-electron chi connectivity index (χ0n) is 16.4. The molecule has 1 saturated heterocycles. The van der Waals surface area contributed by atoms with E-state index < -0.39 is 0 Å². The van der Waals surface area contributed by atoms with Crippen molar-refractivity contribution < 1.29 is 9.59 Å². The first-order chi connectivity index (χ1) is 12.9. The van der Waals surface area contributed by atoms with Gasteiger partial charge in [0.25, 0.3) is 0 Å². The smallest absolute Gasteiger partial charge is 0.227 e. The number of para-hydroxylation sites is 1. The van der Waals surface area contributed by atoms with Crippen LogP contribution in [-0.4, -0.2) is 29.8 Å². The number of amides is 2. The van der Waals surface area contributed by atoms with Crippen LogP contribution in [0.5, 0.6) is 0 Å². The predicted molar refractivity (Wildman–Crippen MR) is 109 cm³/mol. The maximum atomic E-state index is 12.8. The lowest BCUT2D eigenvalue weighted by Crippen LogP contribution is -2.45. The fourth-order valence-electron chi connectivity index (χ4n) is 3.52. The molecule has 27 heavy (non-hydrogen) atoms. The number of carbonyl (C=O) groups excluding carboxylic acids is 2. The quantitative estimate of drug-likeness (QED) is 0.867. The molecule has 1 aliphatic rings. The number of hydrogen-bond donors (Lipinski definition) is 1. The number of carbonyl (C=O) groups is 2. The van der Waals surface area contributed by atoms with Crippen LogP contribution in [0.15, 0.2) is 54.6 Å². The van der Waals surface area contributed by atoms with Crippen LogP contribution in [0.25, 0.3) is 11.1 Å². The Labute approximate surface area is 161 Å². The van der Waals surface area contributed by atoms with Crippen LogP contribution in [0.1, 0.15) is 33.6 Å². The Morgan fingerprint density at radius 3 is 2.15 bits per heavy atom. The SMILES string of the molecule is CC(C)(C)C(=O)N1CCC(C(=O)Nc2ccccc2-c2ccccc2)CC1. The zero-order chi connectivity index (χ0) is 19.4. The summed E-state index contributed by atoms with van der Waals surface area (Å²) in [6, 6.07) is 17.9. The van der Waals surface area contributed by atoms with Crippen molar-refractivity contribution in [3.63, 3.8) is 0 Å². The summed E-state index contributed by atoms with van der Waals surface area (Å²) >= 11 is 0. The molecule has 1 heterocycles. The first-order valence-corrected chi connectivity index (χ1v) is 9.61. The molecule has 0 unspecified atom stereocenters. The Balaban J connectivity index is 1.65. The van der Waals surface area contributed by atoms with Gasteiger partial charge in [-0.25, -0.2) is 0 Å². The molecular formula is C23H28N2O2. The molecule has 4 heteroatoms. The lowest BCUT2D eigenvalue weighted by atomic mass is 9.90. The minimum Gasteiger partial charge on any atom is -0.342 e. The third kappa shape index (κ3) is 4.57. The molecule has 0 aromatic heterocycles. The van der Waals surface area contributed by atoms with Crippen molar-refractivity contribution in [3.8, 4) is 11.1 Å². The van der Waals surface area contributed by atoms with Crippen LogP contribution in [0.3, 0.4) is 0 Å². The average molecular weight is 364 g/mol. The van der Waals surface area contributed by atoms with E-state index in [0.29, 0.717) is 25.9 Å². The molecule has 1 fully saturated rings. The molecule has 0 atom stereocenters. The number of piperidine rings is 1. The standard InChI is InChI=1S/C23H28N2O2/c1-23(2,3)22(27)25-15-13-18(14-16-25)21(26)24-20-12-8-7-11-19(20)17-9-5-4-6-10-17/h4-12,18H,13-16H2,1-3H3,(H,24,26). The number of nitrogens with zero attached hydrogens (tertiary/aromatic N) is 1. The lowest BCUT2D eigenvalue weighted by molar-refractivity contribution is -0.142. The zero-order valence-corrected chi connectivity index (χ0v) is 16.4. The highest BCUT2D eigenvalue weighted by molar-refractivity contribution is 5.97. The Kier molecular flexibility index (Phi) is 5.64. The predicted octanol–water partition coefficient (Wildman–Crippen LogP) is 4.58. The van der Waals surface area contributed by atoms with Gasteiger partial charge in [-0.15, -0.1) is 0 Å². The molecule has 1 aliphatic heterocycles. The molecule has 2 aromatic carbocycles. The molecule has 142 valence electrons. The van der Waals surface area contributed by atoms with Gasteiger partial charge in [-0.1, -0.05) is 69.3 Å². The normalized spacial score (nSPS) is 15.4. The minimum absolute atomic E-state index is 0.0428. The second-order valence-corrected chi connectivity index (χ2v) is 8.22. The van der Waals surface area contributed by atoms with Crippen LogP contribution in [0, 0.1) is 11.3 Å². The molecule has 4 nitrogen and oxygen atoms in total. The maximum absolute atomic E-state index is 12.8. The fraction of sp³-hybridized carbons (Fsp3) is 0.391. The van der Waals surface area contributed by atoms with Gasteiger partial charge in [0.05, 0.1) is 0 Å². The first-order valence-electron chi connectivity index (χ1n) is 9.61. The highest BCUT2D eigenvalue weighted by Crippen LogP contribution is 2.29. The van der Waals surface area contributed by atoms with Crippen LogP contribution in [0.4, 0.5) is 5.69 Å². The average Bonchev–Trinajstić information content (AvgIpc) is 2.68. The van der Waals surface area contributed by atoms with Crippen molar-refractivity contribution in [1.82, 2.24) is 4.90 Å². The van der Waals surface area contributed by atoms with Crippen molar-refractivity contribution in [1.29, 1.82) is 0 Å². The molecule has 0 aliphatic carbocycles. The molecule has 3 rings (SSSR count). The molecule has 0 saturated carbocycles. The Morgan fingerprint density at radius 2 is 1.52 bits per heavy atom. The van der Waals surface area contributed by atoms with Crippen molar-refractivity contribution in [2.24, 2.45) is 11.3 Å². The summed E-state index contributed by atoms with van der Waals surface area (Å²) in [4.78, 5) is 27.1. The molecular weight excluding hydrogens is 336 g/mol. The second kappa shape index (κ2) is 7.95. The molecule has 0 bridgehead atoms. The van der Waals surface area contributed by atoms with E-state index in [2.05, 4.69) is 5.32 Å². The summed E-state index contributed by atoms with van der Waals surface area (Å²) in [6.07, 6.45) is 1.42. The van der Waals surface area contributed by atoms with Gasteiger partial charge in [0.1, 0.15) is 0 Å². The molecule has 2 aromatic rings. The summed E-state index contributed by atoms with van der Waals surface area (Å²) in [5, 5.41) is 3.11. The van der Waals surface area contributed by atoms with Crippen molar-refractivity contribution in [3.05, 3.63) is 54.6 Å². The second-order valence-electron chi connectivity index (χ2n) is 8.22. The number of anilines is 1. The van der Waals surface area contributed by atoms with Gasteiger partial charge in [-0.2, -0.15) is 0 Å². The Hall–Kier alpha value is -2.62. The number of rotatable bonds is 3. The minimum atomic E-state index is -0.371. The summed E-state index contributed by atoms with van der Waals surface area (Å²) in [5.41, 5.74) is 2.57. The Bertz CT molecular complexity index is 801. The molecule has 0 spiro atoms. The molecule has 2 amide bonds. The lowest BCUT2D eigenvalue weighted by Gasteiger charge is -2.35. The van der Waals surface area contributed by atoms with E-state index in [-0.39, 0.29) is 23.1 Å². The topological polar surface area (TPSA) is 49.4 Å². The van der Waals surface area contributed by atoms with E-state index in [4.69, 9.17) is 0 Å². The van der Waals surface area contributed by atoms with Gasteiger partial charge >= 0.3 is 0 Å². The van der Waals surface area contributed by atoms with E-state index in [9.17, 15) is 9.59 Å². The van der Waals surface area contributed by atoms with Gasteiger partial charge in [0.15, 0.2) is 0 Å². The third-order valence-corrected chi connectivity index (χ3v) is 5.06. The van der Waals surface area contributed by atoms with Crippen molar-refractivity contribution in [2.75, 3.05) is 18.4 Å². The van der Waals surface area contributed by atoms with E-state index in [1.165, 1.54) is 0 Å². The highest BCUT2D eigenvalue weighted by Gasteiger charge is 2.32. The van der Waals surface area contributed by atoms with Crippen LogP contribution in [-0.2, 0) is 9.59 Å². The fourth-order valence-corrected chi connectivity index (χ4v) is 3.52. The maximum Gasteiger partial charge on any atom is 0.227 e. The Morgan fingerprint density at radius 1 is 0.926 bits per heavy atom. The number of nitrogens with one attached hydrogen (secondary N) is 1. The number of likely N-dealkylation sites (tertiary alicyclic amines) is 1. The molecule has 1 N–H and O–H groups in total. The van der Waals surface area contributed by atoms with Crippen molar-refractivity contribution >= 4 is 17.5 Å². The third-order valence-electron chi connectivity index (χ3n) is 5.06. The van der Waals surface area contributed by atoms with E-state index in [1.807, 2.05) is 80.3 Å². The van der Waals surface area contributed by atoms with Gasteiger partial charge in [-0.05, 0) is 24.5 Å². The first kappa shape index (κ1) is 19.2. The molecule has 0 radical (unpaired) electrons. The number of benzene rings is 2. The van der Waals surface area contributed by atoms with Gasteiger partial charge < -0.3 is 10.2 Å². The van der Waals surface area contributed by atoms with Gasteiger partial charge in [-0.3, -0.25) is 9.59 Å². The van der Waals surface area contributed by atoms with Crippen LogP contribution >= 0.6 is 0 Å². The van der Waals surface area contributed by atoms with Crippen molar-refractivity contribution in [2.45, 2.75) is 33.6 Å². The van der Waals surface area contributed by atoms with E-state index >= 15 is 0 Å². The van der Waals surface area contributed by atoms with Gasteiger partial charge in [0.2, 0.25) is 11.8 Å². The largest absolute Gasteiger partial charge is 0.342 e. The summed E-state index contributed by atoms with van der Waals surface area (Å²) in [5.74, 6) is 0.148. The van der Waals surface area contributed by atoms with E-state index in [0.717, 1.165) is 16.8 Å². The summed E-state index contributed by atoms with van der Waals surface area (Å²) in [7, 11) is 0. The van der Waals surface area contributed by atoms with Crippen LogP contribution < -0.4 is 5.32 Å². The monoisotopic (exact) mass is 364 g/mol.